The molecule has 0 spiro atoms. The van der Waals surface area contributed by atoms with Crippen molar-refractivity contribution in [3.63, 3.8) is 0 Å². The first-order chi connectivity index (χ1) is 15.8. The van der Waals surface area contributed by atoms with Crippen molar-refractivity contribution in [2.45, 2.75) is 43.7 Å². The van der Waals surface area contributed by atoms with Crippen LogP contribution in [0.5, 0.6) is 0 Å². The van der Waals surface area contributed by atoms with Crippen LogP contribution in [0.15, 0.2) is 46.8 Å². The van der Waals surface area contributed by atoms with Gasteiger partial charge in [0.2, 0.25) is 16.9 Å². The van der Waals surface area contributed by atoms with E-state index in [0.29, 0.717) is 9.47 Å². The van der Waals surface area contributed by atoms with Gasteiger partial charge in [0, 0.05) is 18.4 Å². The summed E-state index contributed by atoms with van der Waals surface area (Å²) < 4.78 is 0.693. The number of thioether (sulfide) groups is 1. The molecule has 2 N–H and O–H groups in total. The molecule has 7 nitrogen and oxygen atoms in total. The molecule has 0 saturated heterocycles. The third-order valence-electron chi connectivity index (χ3n) is 5.31. The number of para-hydroxylation sites is 1. The van der Waals surface area contributed by atoms with Crippen molar-refractivity contribution in [3.8, 4) is 0 Å². The van der Waals surface area contributed by atoms with Crippen LogP contribution in [-0.4, -0.2) is 45.8 Å². The number of aromatic nitrogens is 2. The third-order valence-corrected chi connectivity index (χ3v) is 7.32. The number of benzene rings is 2. The molecule has 0 radical (unpaired) electrons. The van der Waals surface area contributed by atoms with Gasteiger partial charge >= 0.3 is 0 Å². The van der Waals surface area contributed by atoms with E-state index in [1.807, 2.05) is 50.2 Å². The molecule has 0 aliphatic heterocycles. The first kappa shape index (κ1) is 24.7. The molecule has 33 heavy (non-hydrogen) atoms. The average Bonchev–Trinajstić information content (AvgIpc) is 3.23. The normalized spacial score (nSPS) is 11.7. The lowest BCUT2D eigenvalue weighted by molar-refractivity contribution is -0.132. The van der Waals surface area contributed by atoms with Crippen LogP contribution in [0.2, 0.25) is 0 Å². The Kier molecular flexibility index (Phi) is 8.46. The van der Waals surface area contributed by atoms with Crippen LogP contribution >= 0.6 is 23.1 Å². The number of anilines is 3. The number of carbonyl (C=O) groups is 2. The fourth-order valence-electron chi connectivity index (χ4n) is 3.26. The SMILES string of the molecule is CCc1ccccc1NC(=O)CN(C)C(=O)C(C)Sc1nnc(Nc2cccc(C)c2C)s1. The molecule has 1 aromatic heterocycles. The topological polar surface area (TPSA) is 87.2 Å². The van der Waals surface area contributed by atoms with Crippen LogP contribution in [0.1, 0.15) is 30.5 Å². The monoisotopic (exact) mass is 483 g/mol. The number of rotatable bonds is 9. The quantitative estimate of drug-likeness (QED) is 0.415. The van der Waals surface area contributed by atoms with E-state index in [-0.39, 0.29) is 18.4 Å². The maximum Gasteiger partial charge on any atom is 0.243 e. The Labute approximate surface area is 203 Å². The van der Waals surface area contributed by atoms with E-state index in [2.05, 4.69) is 40.7 Å². The van der Waals surface area contributed by atoms with Gasteiger partial charge in [0.1, 0.15) is 0 Å². The van der Waals surface area contributed by atoms with Crippen LogP contribution in [0.3, 0.4) is 0 Å². The standard InChI is InChI=1S/C24H29N5O2S2/c1-6-18-11-7-8-12-20(18)25-21(30)14-29(5)22(31)17(4)32-24-28-27-23(33-24)26-19-13-9-10-15(2)16(19)3/h7-13,17H,6,14H2,1-5H3,(H,25,30)(H,26,27). The van der Waals surface area contributed by atoms with Gasteiger partial charge in [-0.3, -0.25) is 9.59 Å². The number of aryl methyl sites for hydroxylation is 2. The van der Waals surface area contributed by atoms with E-state index >= 15 is 0 Å². The molecule has 2 aromatic carbocycles. The average molecular weight is 484 g/mol. The van der Waals surface area contributed by atoms with E-state index in [9.17, 15) is 9.59 Å². The van der Waals surface area contributed by atoms with Crippen molar-refractivity contribution in [2.75, 3.05) is 24.2 Å². The summed E-state index contributed by atoms with van der Waals surface area (Å²) in [7, 11) is 1.64. The second-order valence-corrected chi connectivity index (χ2v) is 10.3. The van der Waals surface area contributed by atoms with Crippen LogP contribution in [-0.2, 0) is 16.0 Å². The van der Waals surface area contributed by atoms with Crippen molar-refractivity contribution >= 4 is 51.4 Å². The van der Waals surface area contributed by atoms with Crippen molar-refractivity contribution in [2.24, 2.45) is 0 Å². The molecule has 3 aromatic rings. The number of nitrogens with one attached hydrogen (secondary N) is 2. The Bertz CT molecular complexity index is 1130. The minimum atomic E-state index is -0.396. The molecule has 1 heterocycles. The van der Waals surface area contributed by atoms with Crippen molar-refractivity contribution in [1.29, 1.82) is 0 Å². The molecule has 1 atom stereocenters. The highest BCUT2D eigenvalue weighted by Crippen LogP contribution is 2.32. The molecule has 0 fully saturated rings. The maximum absolute atomic E-state index is 12.8. The van der Waals surface area contributed by atoms with Crippen LogP contribution < -0.4 is 10.6 Å². The van der Waals surface area contributed by atoms with Gasteiger partial charge in [-0.1, -0.05) is 60.4 Å². The lowest BCUT2D eigenvalue weighted by atomic mass is 10.1. The number of hydrogen-bond acceptors (Lipinski definition) is 7. The lowest BCUT2D eigenvalue weighted by Crippen LogP contribution is -2.39. The van der Waals surface area contributed by atoms with Crippen LogP contribution in [0, 0.1) is 13.8 Å². The van der Waals surface area contributed by atoms with Crippen molar-refractivity contribution < 1.29 is 9.59 Å². The van der Waals surface area contributed by atoms with E-state index in [0.717, 1.165) is 28.9 Å². The van der Waals surface area contributed by atoms with E-state index < -0.39 is 5.25 Å². The largest absolute Gasteiger partial charge is 0.335 e. The number of amides is 2. The second-order valence-electron chi connectivity index (χ2n) is 7.76. The Hall–Kier alpha value is -2.91. The van der Waals surface area contributed by atoms with E-state index in [1.165, 1.54) is 33.6 Å². The third kappa shape index (κ3) is 6.55. The first-order valence-electron chi connectivity index (χ1n) is 10.7. The van der Waals surface area contributed by atoms with Crippen molar-refractivity contribution in [1.82, 2.24) is 15.1 Å². The molecule has 1 unspecified atom stereocenters. The Morgan fingerprint density at radius 3 is 2.58 bits per heavy atom. The molecule has 0 saturated carbocycles. The van der Waals surface area contributed by atoms with Gasteiger partial charge in [-0.2, -0.15) is 0 Å². The van der Waals surface area contributed by atoms with Gasteiger partial charge in [0.25, 0.3) is 0 Å². The molecule has 3 rings (SSSR count). The van der Waals surface area contributed by atoms with Gasteiger partial charge in [0.15, 0.2) is 4.34 Å². The van der Waals surface area contributed by atoms with Crippen LogP contribution in [0.25, 0.3) is 0 Å². The number of carbonyl (C=O) groups excluding carboxylic acids is 2. The smallest absolute Gasteiger partial charge is 0.243 e. The molecule has 2 amide bonds. The van der Waals surface area contributed by atoms with Gasteiger partial charge < -0.3 is 15.5 Å². The summed E-state index contributed by atoms with van der Waals surface area (Å²) in [6.07, 6.45) is 0.820. The number of likely N-dealkylation sites (N-methyl/N-ethyl adjacent to an activating group) is 1. The lowest BCUT2D eigenvalue weighted by Gasteiger charge is -2.20. The fourth-order valence-corrected chi connectivity index (χ4v) is 5.28. The van der Waals surface area contributed by atoms with Crippen LogP contribution in [0.4, 0.5) is 16.5 Å². The van der Waals surface area contributed by atoms with Crippen molar-refractivity contribution in [3.05, 3.63) is 59.2 Å². The molecule has 9 heteroatoms. The zero-order chi connectivity index (χ0) is 24.0. The first-order valence-corrected chi connectivity index (χ1v) is 12.4. The highest BCUT2D eigenvalue weighted by Gasteiger charge is 2.22. The molecule has 0 aliphatic carbocycles. The summed E-state index contributed by atoms with van der Waals surface area (Å²) in [5.41, 5.74) is 5.19. The van der Waals surface area contributed by atoms with E-state index in [1.54, 1.807) is 7.05 Å². The van der Waals surface area contributed by atoms with Gasteiger partial charge in [-0.15, -0.1) is 10.2 Å². The summed E-state index contributed by atoms with van der Waals surface area (Å²) in [6, 6.07) is 13.7. The zero-order valence-corrected chi connectivity index (χ0v) is 21.1. The van der Waals surface area contributed by atoms with Gasteiger partial charge in [-0.05, 0) is 56.0 Å². The summed E-state index contributed by atoms with van der Waals surface area (Å²) in [5, 5.41) is 14.9. The Balaban J connectivity index is 1.54. The fraction of sp³-hybridized carbons (Fsp3) is 0.333. The second kappa shape index (κ2) is 11.3. The number of nitrogens with zero attached hydrogens (tertiary/aromatic N) is 3. The minimum absolute atomic E-state index is 0.0165. The molecular weight excluding hydrogens is 454 g/mol. The summed E-state index contributed by atoms with van der Waals surface area (Å²) in [5.74, 6) is -0.363. The summed E-state index contributed by atoms with van der Waals surface area (Å²) >= 11 is 2.74. The van der Waals surface area contributed by atoms with Gasteiger partial charge in [-0.25, -0.2) is 0 Å². The van der Waals surface area contributed by atoms with E-state index in [4.69, 9.17) is 0 Å². The summed E-state index contributed by atoms with van der Waals surface area (Å²) in [4.78, 5) is 26.7. The number of hydrogen-bond donors (Lipinski definition) is 2. The highest BCUT2D eigenvalue weighted by atomic mass is 32.2. The predicted octanol–water partition coefficient (Wildman–Crippen LogP) is 5.04. The zero-order valence-electron chi connectivity index (χ0n) is 19.5. The highest BCUT2D eigenvalue weighted by molar-refractivity contribution is 8.02. The molecular formula is C24H29N5O2S2. The Morgan fingerprint density at radius 2 is 1.82 bits per heavy atom. The molecule has 174 valence electrons. The minimum Gasteiger partial charge on any atom is -0.335 e. The van der Waals surface area contributed by atoms with Gasteiger partial charge in [0.05, 0.1) is 11.8 Å². The molecule has 0 aliphatic rings. The maximum atomic E-state index is 12.8. The predicted molar refractivity (Wildman–Crippen MR) is 137 cm³/mol. The summed E-state index contributed by atoms with van der Waals surface area (Å²) in [6.45, 7) is 7.96. The molecule has 0 bridgehead atoms. The Morgan fingerprint density at radius 1 is 1.09 bits per heavy atom.